The number of nitrogens with zero attached hydrogens (tertiary/aromatic N) is 1. The number of aliphatic hydroxyl groups is 1. The molecule has 0 unspecified atom stereocenters. The maximum Gasteiger partial charge on any atom is 0.247 e. The van der Waals surface area contributed by atoms with Gasteiger partial charge in [-0.15, -0.1) is 0 Å². The van der Waals surface area contributed by atoms with Gasteiger partial charge in [0.2, 0.25) is 5.91 Å². The number of hydrogen-bond donors (Lipinski definition) is 1. The molecule has 2 aliphatic rings. The van der Waals surface area contributed by atoms with Gasteiger partial charge in [-0.25, -0.2) is 0 Å². The molecule has 1 saturated heterocycles. The predicted octanol–water partition coefficient (Wildman–Crippen LogP) is 4.99. The highest BCUT2D eigenvalue weighted by molar-refractivity contribution is 5.92. The number of hydrogen-bond acceptors (Lipinski definition) is 3. The van der Waals surface area contributed by atoms with Crippen molar-refractivity contribution < 1.29 is 14.6 Å². The Morgan fingerprint density at radius 2 is 1.90 bits per heavy atom. The molecule has 4 rings (SSSR count). The van der Waals surface area contributed by atoms with Crippen molar-refractivity contribution in [2.24, 2.45) is 5.92 Å². The van der Waals surface area contributed by atoms with E-state index in [0.717, 1.165) is 42.6 Å². The molecule has 0 bridgehead atoms. The number of carbonyl (C=O) groups excluding carboxylic acids is 1. The summed E-state index contributed by atoms with van der Waals surface area (Å²) in [5.74, 6) is 0.822. The number of fused-ring (bicyclic) bond motifs is 1. The molecule has 0 radical (unpaired) electrons. The lowest BCUT2D eigenvalue weighted by molar-refractivity contribution is -0.151. The number of likely N-dealkylation sites (tertiary alicyclic amines) is 1. The Labute approximate surface area is 179 Å². The van der Waals surface area contributed by atoms with Crippen molar-refractivity contribution in [3.8, 4) is 5.75 Å². The van der Waals surface area contributed by atoms with Gasteiger partial charge in [0.05, 0.1) is 18.2 Å². The van der Waals surface area contributed by atoms with Crippen LogP contribution in [0.25, 0.3) is 6.08 Å². The molecule has 2 aromatic carbocycles. The molecule has 2 aromatic rings. The van der Waals surface area contributed by atoms with E-state index in [2.05, 4.69) is 6.07 Å². The van der Waals surface area contributed by atoms with Gasteiger partial charge < -0.3 is 14.7 Å². The van der Waals surface area contributed by atoms with E-state index in [0.29, 0.717) is 19.6 Å². The van der Waals surface area contributed by atoms with Crippen LogP contribution in [0.2, 0.25) is 0 Å². The molecule has 1 saturated carbocycles. The molecular weight excluding hydrogens is 374 g/mol. The van der Waals surface area contributed by atoms with Gasteiger partial charge in [0.25, 0.3) is 0 Å². The van der Waals surface area contributed by atoms with E-state index in [1.165, 1.54) is 0 Å². The number of piperidine rings is 1. The molecule has 1 amide bonds. The highest BCUT2D eigenvalue weighted by Crippen LogP contribution is 2.50. The van der Waals surface area contributed by atoms with Crippen molar-refractivity contribution in [3.63, 3.8) is 0 Å². The smallest absolute Gasteiger partial charge is 0.247 e. The van der Waals surface area contributed by atoms with Gasteiger partial charge in [-0.1, -0.05) is 61.4 Å². The van der Waals surface area contributed by atoms with Gasteiger partial charge in [-0.3, -0.25) is 4.79 Å². The van der Waals surface area contributed by atoms with Gasteiger partial charge in [0.15, 0.2) is 0 Å². The van der Waals surface area contributed by atoms with Crippen LogP contribution in [-0.2, 0) is 4.79 Å². The zero-order chi connectivity index (χ0) is 21.0. The number of rotatable bonds is 5. The van der Waals surface area contributed by atoms with E-state index < -0.39 is 5.60 Å². The van der Waals surface area contributed by atoms with Crippen molar-refractivity contribution in [3.05, 3.63) is 71.8 Å². The monoisotopic (exact) mass is 405 g/mol. The highest BCUT2D eigenvalue weighted by Gasteiger charge is 2.50. The van der Waals surface area contributed by atoms with E-state index in [9.17, 15) is 9.90 Å². The fraction of sp³-hybridized carbons (Fsp3) is 0.423. The number of para-hydroxylation sites is 1. The van der Waals surface area contributed by atoms with Crippen molar-refractivity contribution >= 4 is 12.0 Å². The molecule has 1 aliphatic heterocycles. The first kappa shape index (κ1) is 20.7. The van der Waals surface area contributed by atoms with Crippen LogP contribution in [0.3, 0.4) is 0 Å². The van der Waals surface area contributed by atoms with Crippen molar-refractivity contribution in [2.45, 2.75) is 50.7 Å². The second-order valence-corrected chi connectivity index (χ2v) is 8.40. The molecule has 4 nitrogen and oxygen atoms in total. The molecule has 2 fully saturated rings. The first-order chi connectivity index (χ1) is 14.6. The van der Waals surface area contributed by atoms with Crippen LogP contribution in [0.1, 0.15) is 56.2 Å². The molecule has 1 aliphatic carbocycles. The Balaban J connectivity index is 1.70. The van der Waals surface area contributed by atoms with Crippen LogP contribution in [0.15, 0.2) is 60.7 Å². The molecule has 0 aromatic heterocycles. The summed E-state index contributed by atoms with van der Waals surface area (Å²) in [5.41, 5.74) is 1.30. The molecule has 0 spiro atoms. The Bertz CT molecular complexity index is 894. The summed E-state index contributed by atoms with van der Waals surface area (Å²) < 4.78 is 5.92. The van der Waals surface area contributed by atoms with Crippen LogP contribution in [-0.4, -0.2) is 34.7 Å². The van der Waals surface area contributed by atoms with Crippen molar-refractivity contribution in [2.75, 3.05) is 13.2 Å². The zero-order valence-electron chi connectivity index (χ0n) is 17.7. The minimum atomic E-state index is -0.706. The fourth-order valence-corrected chi connectivity index (χ4v) is 5.15. The Morgan fingerprint density at radius 3 is 2.70 bits per heavy atom. The lowest BCUT2D eigenvalue weighted by atomic mass is 9.66. The summed E-state index contributed by atoms with van der Waals surface area (Å²) >= 11 is 0. The summed E-state index contributed by atoms with van der Waals surface area (Å²) in [7, 11) is 0. The van der Waals surface area contributed by atoms with E-state index >= 15 is 0 Å². The maximum atomic E-state index is 13.3. The third-order valence-electron chi connectivity index (χ3n) is 6.61. The number of ether oxygens (including phenoxy) is 1. The van der Waals surface area contributed by atoms with Gasteiger partial charge in [0.1, 0.15) is 5.75 Å². The lowest BCUT2D eigenvalue weighted by Gasteiger charge is -2.52. The van der Waals surface area contributed by atoms with Crippen LogP contribution in [0.4, 0.5) is 0 Å². The van der Waals surface area contributed by atoms with Gasteiger partial charge in [-0.2, -0.15) is 0 Å². The number of amides is 1. The minimum Gasteiger partial charge on any atom is -0.494 e. The largest absolute Gasteiger partial charge is 0.494 e. The second-order valence-electron chi connectivity index (χ2n) is 8.40. The zero-order valence-corrected chi connectivity index (χ0v) is 17.7. The molecule has 3 atom stereocenters. The molecule has 1 heterocycles. The van der Waals surface area contributed by atoms with Crippen molar-refractivity contribution in [1.82, 2.24) is 4.90 Å². The molecule has 1 N–H and O–H groups in total. The summed E-state index contributed by atoms with van der Waals surface area (Å²) in [6.07, 6.45) is 8.04. The van der Waals surface area contributed by atoms with E-state index in [1.54, 1.807) is 6.08 Å². The van der Waals surface area contributed by atoms with E-state index in [1.807, 2.05) is 66.4 Å². The van der Waals surface area contributed by atoms with Gasteiger partial charge in [0, 0.05) is 24.1 Å². The van der Waals surface area contributed by atoms with Crippen LogP contribution in [0, 0.1) is 5.92 Å². The third-order valence-corrected chi connectivity index (χ3v) is 6.61. The predicted molar refractivity (Wildman–Crippen MR) is 119 cm³/mol. The van der Waals surface area contributed by atoms with Crippen LogP contribution in [0.5, 0.6) is 5.75 Å². The average Bonchev–Trinajstić information content (AvgIpc) is 2.78. The first-order valence-corrected chi connectivity index (χ1v) is 11.1. The summed E-state index contributed by atoms with van der Waals surface area (Å²) in [4.78, 5) is 15.3. The Morgan fingerprint density at radius 1 is 1.13 bits per heavy atom. The Kier molecular flexibility index (Phi) is 6.24. The maximum absolute atomic E-state index is 13.3. The normalized spacial score (nSPS) is 26.4. The summed E-state index contributed by atoms with van der Waals surface area (Å²) in [5, 5.41) is 11.5. The molecule has 158 valence electrons. The molecule has 30 heavy (non-hydrogen) atoms. The van der Waals surface area contributed by atoms with Crippen LogP contribution >= 0.6 is 0 Å². The van der Waals surface area contributed by atoms with Gasteiger partial charge in [-0.05, 0) is 43.9 Å². The molecular formula is C26H31NO3. The third kappa shape index (κ3) is 4.15. The lowest BCUT2D eigenvalue weighted by Crippen LogP contribution is -2.56. The Hall–Kier alpha value is -2.59. The van der Waals surface area contributed by atoms with Crippen molar-refractivity contribution in [1.29, 1.82) is 0 Å². The van der Waals surface area contributed by atoms with E-state index in [-0.39, 0.29) is 17.9 Å². The quantitative estimate of drug-likeness (QED) is 0.713. The summed E-state index contributed by atoms with van der Waals surface area (Å²) in [6.45, 7) is 3.09. The second kappa shape index (κ2) is 9.05. The van der Waals surface area contributed by atoms with Gasteiger partial charge >= 0.3 is 0 Å². The standard InChI is InChI=1S/C26H31NO3/c1-2-30-23-14-7-6-12-21(23)25-22-13-8-9-17-26(22,29)18-19-27(25)24(28)16-15-20-10-4-3-5-11-20/h3-7,10-12,14-16,22,25,29H,2,8-9,13,17-19H2,1H3/b16-15+/t22-,25+,26+/m1/s1. The first-order valence-electron chi connectivity index (χ1n) is 11.1. The highest BCUT2D eigenvalue weighted by atomic mass is 16.5. The minimum absolute atomic E-state index is 0.0113. The van der Waals surface area contributed by atoms with E-state index in [4.69, 9.17) is 4.74 Å². The van der Waals surface area contributed by atoms with Crippen LogP contribution < -0.4 is 4.74 Å². The number of carbonyl (C=O) groups is 1. The average molecular weight is 406 g/mol. The molecule has 4 heteroatoms. The fourth-order valence-electron chi connectivity index (χ4n) is 5.15. The topological polar surface area (TPSA) is 49.8 Å². The summed E-state index contributed by atoms with van der Waals surface area (Å²) in [6, 6.07) is 17.7. The number of benzene rings is 2. The SMILES string of the molecule is CCOc1ccccc1[C@H]1[C@H]2CCCC[C@]2(O)CCN1C(=O)/C=C/c1ccccc1.